The average Bonchev–Trinajstić information content (AvgIpc) is 2.84. The summed E-state index contributed by atoms with van der Waals surface area (Å²) in [5, 5.41) is 7.08. The summed E-state index contributed by atoms with van der Waals surface area (Å²) in [7, 11) is 0. The van der Waals surface area contributed by atoms with Crippen molar-refractivity contribution in [2.24, 2.45) is 11.1 Å². The minimum atomic E-state index is -0.593. The molecule has 2 heterocycles. The Morgan fingerprint density at radius 3 is 3.00 bits per heavy atom. The minimum Gasteiger partial charge on any atom is -0.379 e. The molecule has 2 atom stereocenters. The summed E-state index contributed by atoms with van der Waals surface area (Å²) in [6.45, 7) is 5.34. The lowest BCUT2D eigenvalue weighted by Gasteiger charge is -2.25. The van der Waals surface area contributed by atoms with Crippen LogP contribution in [0, 0.1) is 12.3 Å². The normalized spacial score (nSPS) is 28.3. The number of nitrogens with one attached hydrogen (secondary N) is 1. The molecule has 1 aliphatic heterocycles. The van der Waals surface area contributed by atoms with Crippen molar-refractivity contribution < 1.29 is 9.53 Å². The molecule has 3 N–H and O–H groups in total. The van der Waals surface area contributed by atoms with E-state index in [0.717, 1.165) is 0 Å². The van der Waals surface area contributed by atoms with Crippen LogP contribution in [-0.2, 0) is 16.1 Å². The molecule has 0 aromatic carbocycles. The number of aryl methyl sites for hydroxylation is 1. The molecule has 1 aromatic rings. The second-order valence-electron chi connectivity index (χ2n) is 4.80. The zero-order valence-corrected chi connectivity index (χ0v) is 11.0. The van der Waals surface area contributed by atoms with Crippen LogP contribution in [-0.4, -0.2) is 25.2 Å². The second-order valence-corrected chi connectivity index (χ2v) is 5.55. The van der Waals surface area contributed by atoms with Crippen molar-refractivity contribution in [2.75, 3.05) is 13.2 Å². The topological polar surface area (TPSA) is 64.3 Å². The molecular formula is C12H18N2O2S. The van der Waals surface area contributed by atoms with Gasteiger partial charge in [0.2, 0.25) is 5.91 Å². The maximum Gasteiger partial charge on any atom is 0.230 e. The lowest BCUT2D eigenvalue weighted by atomic mass is 9.85. The van der Waals surface area contributed by atoms with Crippen molar-refractivity contribution in [3.8, 4) is 0 Å². The minimum absolute atomic E-state index is 0.0203. The van der Waals surface area contributed by atoms with Gasteiger partial charge < -0.3 is 15.8 Å². The van der Waals surface area contributed by atoms with Gasteiger partial charge in [0, 0.05) is 12.6 Å². The van der Waals surface area contributed by atoms with Crippen LogP contribution < -0.4 is 11.1 Å². The van der Waals surface area contributed by atoms with Gasteiger partial charge in [-0.25, -0.2) is 0 Å². The summed E-state index contributed by atoms with van der Waals surface area (Å²) >= 11 is 1.65. The quantitative estimate of drug-likeness (QED) is 0.847. The van der Waals surface area contributed by atoms with E-state index in [1.165, 1.54) is 11.1 Å². The maximum absolute atomic E-state index is 12.1. The molecule has 5 heteroatoms. The molecule has 1 aromatic heterocycles. The number of ether oxygens (including phenoxy) is 1. The van der Waals surface area contributed by atoms with Crippen LogP contribution in [0.2, 0.25) is 0 Å². The third kappa shape index (κ3) is 2.36. The highest BCUT2D eigenvalue weighted by Crippen LogP contribution is 2.27. The Morgan fingerprint density at radius 2 is 2.47 bits per heavy atom. The fourth-order valence-corrected chi connectivity index (χ4v) is 2.73. The first-order chi connectivity index (χ1) is 8.04. The molecule has 0 bridgehead atoms. The van der Waals surface area contributed by atoms with E-state index >= 15 is 0 Å². The predicted molar refractivity (Wildman–Crippen MR) is 67.8 cm³/mol. The fourth-order valence-electron chi connectivity index (χ4n) is 1.87. The van der Waals surface area contributed by atoms with E-state index in [4.69, 9.17) is 10.5 Å². The number of hydrogen-bond acceptors (Lipinski definition) is 4. The first kappa shape index (κ1) is 12.5. The molecule has 0 saturated carbocycles. The van der Waals surface area contributed by atoms with Gasteiger partial charge in [-0.05, 0) is 35.7 Å². The van der Waals surface area contributed by atoms with Crippen LogP contribution in [0.3, 0.4) is 0 Å². The number of carbonyl (C=O) groups excluding carboxylic acids is 1. The molecule has 2 rings (SSSR count). The van der Waals surface area contributed by atoms with Crippen LogP contribution in [0.5, 0.6) is 0 Å². The highest BCUT2D eigenvalue weighted by Gasteiger charge is 2.44. The Kier molecular flexibility index (Phi) is 3.51. The monoisotopic (exact) mass is 254 g/mol. The van der Waals surface area contributed by atoms with Gasteiger partial charge in [-0.1, -0.05) is 0 Å². The summed E-state index contributed by atoms with van der Waals surface area (Å²) in [6, 6.07) is -0.217. The Hall–Kier alpha value is -0.910. The van der Waals surface area contributed by atoms with Crippen LogP contribution in [0.1, 0.15) is 18.1 Å². The van der Waals surface area contributed by atoms with Crippen molar-refractivity contribution in [3.05, 3.63) is 21.9 Å². The van der Waals surface area contributed by atoms with Gasteiger partial charge in [0.1, 0.15) is 0 Å². The van der Waals surface area contributed by atoms with Crippen molar-refractivity contribution in [2.45, 2.75) is 26.4 Å². The van der Waals surface area contributed by atoms with Gasteiger partial charge in [-0.15, -0.1) is 0 Å². The summed E-state index contributed by atoms with van der Waals surface area (Å²) in [4.78, 5) is 12.1. The molecule has 1 aliphatic rings. The van der Waals surface area contributed by atoms with E-state index in [2.05, 4.69) is 16.1 Å². The summed E-state index contributed by atoms with van der Waals surface area (Å²) in [5.74, 6) is -0.0203. The van der Waals surface area contributed by atoms with E-state index in [-0.39, 0.29) is 11.9 Å². The van der Waals surface area contributed by atoms with Crippen molar-refractivity contribution >= 4 is 17.2 Å². The summed E-state index contributed by atoms with van der Waals surface area (Å²) < 4.78 is 5.27. The third-order valence-electron chi connectivity index (χ3n) is 3.44. The van der Waals surface area contributed by atoms with Crippen LogP contribution >= 0.6 is 11.3 Å². The zero-order valence-electron chi connectivity index (χ0n) is 10.2. The molecule has 4 nitrogen and oxygen atoms in total. The standard InChI is InChI=1S/C12H18N2O2S/c1-8-5-17-6-9(8)3-14-11(15)12(2)7-16-4-10(12)13/h5-6,10H,3-4,7,13H2,1-2H3,(H,14,15). The van der Waals surface area contributed by atoms with Gasteiger partial charge in [-0.3, -0.25) is 4.79 Å². The van der Waals surface area contributed by atoms with Crippen molar-refractivity contribution in [1.82, 2.24) is 5.32 Å². The number of nitrogens with two attached hydrogens (primary N) is 1. The van der Waals surface area contributed by atoms with E-state index in [1.807, 2.05) is 13.8 Å². The number of thiophene rings is 1. The molecule has 1 amide bonds. The number of rotatable bonds is 3. The van der Waals surface area contributed by atoms with E-state index in [1.54, 1.807) is 11.3 Å². The summed E-state index contributed by atoms with van der Waals surface area (Å²) in [6.07, 6.45) is 0. The van der Waals surface area contributed by atoms with Crippen LogP contribution in [0.15, 0.2) is 10.8 Å². The Labute approximate surface area is 105 Å². The first-order valence-corrected chi connectivity index (χ1v) is 6.61. The van der Waals surface area contributed by atoms with Crippen LogP contribution in [0.25, 0.3) is 0 Å². The molecule has 1 saturated heterocycles. The highest BCUT2D eigenvalue weighted by atomic mass is 32.1. The number of carbonyl (C=O) groups is 1. The third-order valence-corrected chi connectivity index (χ3v) is 4.35. The van der Waals surface area contributed by atoms with Crippen molar-refractivity contribution in [1.29, 1.82) is 0 Å². The molecule has 17 heavy (non-hydrogen) atoms. The zero-order chi connectivity index (χ0) is 12.5. The Morgan fingerprint density at radius 1 is 1.71 bits per heavy atom. The van der Waals surface area contributed by atoms with Gasteiger partial charge in [0.15, 0.2) is 0 Å². The molecule has 0 radical (unpaired) electrons. The second kappa shape index (κ2) is 4.76. The van der Waals surface area contributed by atoms with E-state index in [9.17, 15) is 4.79 Å². The number of hydrogen-bond donors (Lipinski definition) is 2. The van der Waals surface area contributed by atoms with E-state index in [0.29, 0.717) is 19.8 Å². The van der Waals surface area contributed by atoms with Crippen molar-refractivity contribution in [3.63, 3.8) is 0 Å². The molecular weight excluding hydrogens is 236 g/mol. The lowest BCUT2D eigenvalue weighted by molar-refractivity contribution is -0.130. The maximum atomic E-state index is 12.1. The molecule has 94 valence electrons. The largest absolute Gasteiger partial charge is 0.379 e. The molecule has 1 fully saturated rings. The van der Waals surface area contributed by atoms with E-state index < -0.39 is 5.41 Å². The molecule has 2 unspecified atom stereocenters. The smallest absolute Gasteiger partial charge is 0.230 e. The van der Waals surface area contributed by atoms with Gasteiger partial charge >= 0.3 is 0 Å². The fraction of sp³-hybridized carbons (Fsp3) is 0.583. The first-order valence-electron chi connectivity index (χ1n) is 5.67. The van der Waals surface area contributed by atoms with Gasteiger partial charge in [0.05, 0.1) is 18.6 Å². The Bertz CT molecular complexity index is 418. The van der Waals surface area contributed by atoms with Crippen LogP contribution in [0.4, 0.5) is 0 Å². The number of amides is 1. The Balaban J connectivity index is 1.96. The molecule has 0 spiro atoms. The lowest BCUT2D eigenvalue weighted by Crippen LogP contribution is -2.49. The SMILES string of the molecule is Cc1cscc1CNC(=O)C1(C)COCC1N. The predicted octanol–water partition coefficient (Wildman–Crippen LogP) is 1.04. The summed E-state index contributed by atoms with van der Waals surface area (Å²) in [5.41, 5.74) is 7.70. The average molecular weight is 254 g/mol. The van der Waals surface area contributed by atoms with Gasteiger partial charge in [0.25, 0.3) is 0 Å². The van der Waals surface area contributed by atoms with Gasteiger partial charge in [-0.2, -0.15) is 11.3 Å². The highest BCUT2D eigenvalue weighted by molar-refractivity contribution is 7.08. The molecule has 0 aliphatic carbocycles.